The summed E-state index contributed by atoms with van der Waals surface area (Å²) < 4.78 is 42.1. The number of pyridine rings is 1. The Balaban J connectivity index is 1.62. The number of alkyl halides is 3. The summed E-state index contributed by atoms with van der Waals surface area (Å²) in [7, 11) is 0. The molecular formula is C26H27F3N4S. The molecule has 1 N–H and O–H groups in total. The van der Waals surface area contributed by atoms with E-state index in [9.17, 15) is 13.2 Å². The molecule has 34 heavy (non-hydrogen) atoms. The van der Waals surface area contributed by atoms with Crippen molar-refractivity contribution in [3.05, 3.63) is 82.9 Å². The van der Waals surface area contributed by atoms with Crippen LogP contribution in [0.15, 0.2) is 54.7 Å². The van der Waals surface area contributed by atoms with Gasteiger partial charge in [-0.2, -0.15) is 13.2 Å². The number of hydrogen-bond acceptors (Lipinski definition) is 2. The van der Waals surface area contributed by atoms with E-state index in [2.05, 4.69) is 21.3 Å². The number of benzene rings is 1. The van der Waals surface area contributed by atoms with Crippen LogP contribution in [0.25, 0.3) is 5.69 Å². The summed E-state index contributed by atoms with van der Waals surface area (Å²) in [4.78, 5) is 6.93. The van der Waals surface area contributed by atoms with Gasteiger partial charge in [-0.15, -0.1) is 0 Å². The maximum Gasteiger partial charge on any atom is 0.416 e. The Hall–Kier alpha value is -2.87. The average molecular weight is 485 g/mol. The van der Waals surface area contributed by atoms with Crippen molar-refractivity contribution >= 4 is 17.3 Å². The highest BCUT2D eigenvalue weighted by Gasteiger charge is 2.44. The molecule has 2 fully saturated rings. The van der Waals surface area contributed by atoms with Crippen LogP contribution in [-0.4, -0.2) is 25.6 Å². The molecule has 1 saturated carbocycles. The van der Waals surface area contributed by atoms with Crippen LogP contribution >= 0.6 is 12.2 Å². The lowest BCUT2D eigenvalue weighted by Crippen LogP contribution is -2.37. The second kappa shape index (κ2) is 8.73. The van der Waals surface area contributed by atoms with Gasteiger partial charge in [0.1, 0.15) is 0 Å². The number of thiocarbonyl (C=S) groups is 1. The van der Waals surface area contributed by atoms with Crippen LogP contribution in [-0.2, 0) is 6.18 Å². The molecule has 0 radical (unpaired) electrons. The molecular weight excluding hydrogens is 457 g/mol. The van der Waals surface area contributed by atoms with Crippen molar-refractivity contribution in [2.45, 2.75) is 63.8 Å². The summed E-state index contributed by atoms with van der Waals surface area (Å²) >= 11 is 5.82. The molecule has 5 rings (SSSR count). The van der Waals surface area contributed by atoms with Crippen LogP contribution in [0.2, 0.25) is 0 Å². The number of halogens is 3. The van der Waals surface area contributed by atoms with E-state index in [4.69, 9.17) is 12.2 Å². The fourth-order valence-corrected chi connectivity index (χ4v) is 5.97. The first kappa shape index (κ1) is 22.9. The molecule has 3 aromatic rings. The minimum absolute atomic E-state index is 0.0868. The molecule has 178 valence electrons. The van der Waals surface area contributed by atoms with Crippen molar-refractivity contribution in [1.29, 1.82) is 0 Å². The van der Waals surface area contributed by atoms with Gasteiger partial charge in [0.25, 0.3) is 0 Å². The molecule has 0 spiro atoms. The Morgan fingerprint density at radius 3 is 2.47 bits per heavy atom. The normalized spacial score (nSPS) is 21.3. The SMILES string of the molecule is Cc1cc([C@H]2[C@H](c3ccccn3)NC(=S)N2C2CCCC2)c(C)n1-c1cccc(C(F)(F)F)c1. The molecule has 2 aliphatic rings. The van der Waals surface area contributed by atoms with Crippen LogP contribution in [0.1, 0.15) is 66.0 Å². The molecule has 1 saturated heterocycles. The molecule has 1 aromatic carbocycles. The molecule has 1 aliphatic heterocycles. The Kier molecular flexibility index (Phi) is 5.88. The van der Waals surface area contributed by atoms with Crippen LogP contribution in [0, 0.1) is 13.8 Å². The lowest BCUT2D eigenvalue weighted by molar-refractivity contribution is -0.137. The van der Waals surface area contributed by atoms with E-state index < -0.39 is 11.7 Å². The van der Waals surface area contributed by atoms with E-state index in [0.717, 1.165) is 46.7 Å². The minimum atomic E-state index is -4.39. The highest BCUT2D eigenvalue weighted by molar-refractivity contribution is 7.80. The van der Waals surface area contributed by atoms with Gasteiger partial charge < -0.3 is 14.8 Å². The van der Waals surface area contributed by atoms with Crippen LogP contribution < -0.4 is 5.32 Å². The highest BCUT2D eigenvalue weighted by atomic mass is 32.1. The molecule has 0 unspecified atom stereocenters. The number of nitrogens with one attached hydrogen (secondary N) is 1. The fraction of sp³-hybridized carbons (Fsp3) is 0.385. The van der Waals surface area contributed by atoms with Crippen molar-refractivity contribution in [2.75, 3.05) is 0 Å². The summed E-state index contributed by atoms with van der Waals surface area (Å²) in [6, 6.07) is 13.6. The second-order valence-electron chi connectivity index (χ2n) is 9.18. The summed E-state index contributed by atoms with van der Waals surface area (Å²) in [6.45, 7) is 3.92. The smallest absolute Gasteiger partial charge is 0.352 e. The predicted octanol–water partition coefficient (Wildman–Crippen LogP) is 6.42. The number of hydrogen-bond donors (Lipinski definition) is 1. The van der Waals surface area contributed by atoms with E-state index in [-0.39, 0.29) is 12.1 Å². The Labute approximate surface area is 202 Å². The third-order valence-electron chi connectivity index (χ3n) is 7.07. The fourth-order valence-electron chi connectivity index (χ4n) is 5.58. The lowest BCUT2D eigenvalue weighted by atomic mass is 9.95. The summed E-state index contributed by atoms with van der Waals surface area (Å²) in [5.74, 6) is 0. The molecule has 2 aromatic heterocycles. The Bertz CT molecular complexity index is 1200. The van der Waals surface area contributed by atoms with Gasteiger partial charge in [-0.05, 0) is 80.9 Å². The zero-order chi connectivity index (χ0) is 24.0. The second-order valence-corrected chi connectivity index (χ2v) is 9.57. The quantitative estimate of drug-likeness (QED) is 0.433. The van der Waals surface area contributed by atoms with Gasteiger partial charge in [-0.1, -0.05) is 25.0 Å². The topological polar surface area (TPSA) is 33.1 Å². The summed E-state index contributed by atoms with van der Waals surface area (Å²) in [5.41, 5.74) is 3.62. The van der Waals surface area contributed by atoms with Crippen LogP contribution in [0.5, 0.6) is 0 Å². The van der Waals surface area contributed by atoms with Gasteiger partial charge in [-0.3, -0.25) is 4.98 Å². The van der Waals surface area contributed by atoms with Crippen LogP contribution in [0.4, 0.5) is 13.2 Å². The van der Waals surface area contributed by atoms with E-state index in [0.29, 0.717) is 11.7 Å². The molecule has 0 bridgehead atoms. The molecule has 8 heteroatoms. The minimum Gasteiger partial charge on any atom is -0.352 e. The maximum absolute atomic E-state index is 13.4. The zero-order valence-corrected chi connectivity index (χ0v) is 20.0. The monoisotopic (exact) mass is 484 g/mol. The predicted molar refractivity (Wildman–Crippen MR) is 130 cm³/mol. The van der Waals surface area contributed by atoms with E-state index in [1.54, 1.807) is 12.3 Å². The first-order valence-electron chi connectivity index (χ1n) is 11.6. The zero-order valence-electron chi connectivity index (χ0n) is 19.1. The van der Waals surface area contributed by atoms with Gasteiger partial charge in [0.2, 0.25) is 0 Å². The van der Waals surface area contributed by atoms with E-state index in [1.165, 1.54) is 25.0 Å². The standard InChI is InChI=1S/C26H27F3N4S/c1-16-14-21(17(2)32(16)20-11-7-8-18(15-20)26(27,28)29)24-23(22-12-5-6-13-30-22)31-25(34)33(24)19-9-3-4-10-19/h5-8,11-15,19,23-24H,3-4,9-10H2,1-2H3,(H,31,34)/t23-,24-/m0/s1. The highest BCUT2D eigenvalue weighted by Crippen LogP contribution is 2.45. The van der Waals surface area contributed by atoms with Crippen molar-refractivity contribution in [1.82, 2.24) is 19.8 Å². The summed E-state index contributed by atoms with van der Waals surface area (Å²) in [6.07, 6.45) is 1.90. The number of rotatable bonds is 4. The average Bonchev–Trinajstić information content (AvgIpc) is 3.51. The summed E-state index contributed by atoms with van der Waals surface area (Å²) in [5, 5.41) is 4.23. The number of aryl methyl sites for hydroxylation is 1. The largest absolute Gasteiger partial charge is 0.416 e. The third-order valence-corrected chi connectivity index (χ3v) is 7.40. The van der Waals surface area contributed by atoms with Crippen molar-refractivity contribution in [3.8, 4) is 5.69 Å². The van der Waals surface area contributed by atoms with E-state index in [1.807, 2.05) is 36.6 Å². The van der Waals surface area contributed by atoms with Crippen molar-refractivity contribution in [3.63, 3.8) is 0 Å². The molecule has 1 aliphatic carbocycles. The van der Waals surface area contributed by atoms with Gasteiger partial charge in [0, 0.05) is 29.3 Å². The molecule has 4 nitrogen and oxygen atoms in total. The van der Waals surface area contributed by atoms with Gasteiger partial charge >= 0.3 is 6.18 Å². The number of aromatic nitrogens is 2. The third kappa shape index (κ3) is 3.98. The first-order valence-corrected chi connectivity index (χ1v) is 12.0. The van der Waals surface area contributed by atoms with Crippen molar-refractivity contribution < 1.29 is 13.2 Å². The van der Waals surface area contributed by atoms with Crippen LogP contribution in [0.3, 0.4) is 0 Å². The molecule has 3 heterocycles. The molecule has 0 amide bonds. The number of nitrogens with zero attached hydrogens (tertiary/aromatic N) is 3. The van der Waals surface area contributed by atoms with Crippen molar-refractivity contribution in [2.24, 2.45) is 0 Å². The van der Waals surface area contributed by atoms with E-state index >= 15 is 0 Å². The maximum atomic E-state index is 13.4. The van der Waals surface area contributed by atoms with Gasteiger partial charge in [0.05, 0.1) is 23.3 Å². The van der Waals surface area contributed by atoms with Gasteiger partial charge in [-0.25, -0.2) is 0 Å². The van der Waals surface area contributed by atoms with Gasteiger partial charge in [0.15, 0.2) is 5.11 Å². The lowest BCUT2D eigenvalue weighted by Gasteiger charge is -2.33. The first-order chi connectivity index (χ1) is 16.3. The Morgan fingerprint density at radius 2 is 1.79 bits per heavy atom. The molecule has 2 atom stereocenters. The Morgan fingerprint density at radius 1 is 1.03 bits per heavy atom.